The minimum absolute atomic E-state index is 0. The Balaban J connectivity index is 0.00000420. The molecule has 1 unspecified atom stereocenters. The normalized spacial score (nSPS) is 11.9. The molecule has 6 nitrogen and oxygen atoms in total. The maximum atomic E-state index is 5.54. The van der Waals surface area contributed by atoms with Crippen molar-refractivity contribution in [2.75, 3.05) is 34.9 Å². The summed E-state index contributed by atoms with van der Waals surface area (Å²) in [4.78, 5) is 4.31. The van der Waals surface area contributed by atoms with Crippen molar-refractivity contribution in [3.05, 3.63) is 53.1 Å². The molecule has 29 heavy (non-hydrogen) atoms. The molecule has 0 aliphatic rings. The van der Waals surface area contributed by atoms with Gasteiger partial charge in [0.2, 0.25) is 5.75 Å². The van der Waals surface area contributed by atoms with Gasteiger partial charge in [0.15, 0.2) is 17.5 Å². The monoisotopic (exact) mass is 513 g/mol. The van der Waals surface area contributed by atoms with E-state index in [0.717, 1.165) is 18.1 Å². The maximum Gasteiger partial charge on any atom is 0.203 e. The molecule has 0 aliphatic carbocycles. The predicted molar refractivity (Wildman–Crippen MR) is 129 cm³/mol. The van der Waals surface area contributed by atoms with Crippen LogP contribution < -0.4 is 24.8 Å². The Kier molecular flexibility index (Phi) is 10.6. The van der Waals surface area contributed by atoms with Gasteiger partial charge in [-0.1, -0.05) is 36.8 Å². The van der Waals surface area contributed by atoms with Crippen LogP contribution in [0.2, 0.25) is 0 Å². The molecule has 0 aliphatic heterocycles. The molecule has 0 fully saturated rings. The third kappa shape index (κ3) is 6.69. The van der Waals surface area contributed by atoms with Gasteiger partial charge in [-0.3, -0.25) is 4.99 Å². The molecule has 2 N–H and O–H groups in total. The Hall–Kier alpha value is -2.16. The highest BCUT2D eigenvalue weighted by Gasteiger charge is 2.16. The minimum Gasteiger partial charge on any atom is -0.493 e. The minimum atomic E-state index is 0. The van der Waals surface area contributed by atoms with Crippen molar-refractivity contribution in [1.82, 2.24) is 10.6 Å². The lowest BCUT2D eigenvalue weighted by Crippen LogP contribution is -2.38. The van der Waals surface area contributed by atoms with Crippen molar-refractivity contribution < 1.29 is 14.2 Å². The van der Waals surface area contributed by atoms with Crippen molar-refractivity contribution in [1.29, 1.82) is 0 Å². The van der Waals surface area contributed by atoms with Crippen LogP contribution in [0.3, 0.4) is 0 Å². The number of methoxy groups -OCH3 is 3. The Labute approximate surface area is 191 Å². The molecule has 2 rings (SSSR count). The highest BCUT2D eigenvalue weighted by molar-refractivity contribution is 14.0. The number of benzene rings is 2. The number of guanidine groups is 1. The third-order valence-electron chi connectivity index (χ3n) is 4.68. The summed E-state index contributed by atoms with van der Waals surface area (Å²) in [7, 11) is 6.59. The van der Waals surface area contributed by atoms with Crippen LogP contribution in [0, 0.1) is 6.92 Å². The van der Waals surface area contributed by atoms with Crippen LogP contribution in [-0.4, -0.2) is 40.9 Å². The van der Waals surface area contributed by atoms with Crippen molar-refractivity contribution in [2.24, 2.45) is 4.99 Å². The van der Waals surface area contributed by atoms with E-state index < -0.39 is 0 Å². The van der Waals surface area contributed by atoms with Gasteiger partial charge in [0, 0.05) is 25.7 Å². The molecule has 1 atom stereocenters. The van der Waals surface area contributed by atoms with Crippen LogP contribution in [0.5, 0.6) is 17.2 Å². The summed E-state index contributed by atoms with van der Waals surface area (Å²) in [5.74, 6) is 2.97. The summed E-state index contributed by atoms with van der Waals surface area (Å²) in [6.07, 6.45) is 0. The van der Waals surface area contributed by atoms with Crippen LogP contribution in [0.25, 0.3) is 0 Å². The fourth-order valence-electron chi connectivity index (χ4n) is 2.96. The molecule has 0 radical (unpaired) electrons. The number of halogens is 1. The van der Waals surface area contributed by atoms with Gasteiger partial charge in [-0.15, -0.1) is 24.0 Å². The van der Waals surface area contributed by atoms with Gasteiger partial charge in [-0.25, -0.2) is 0 Å². The molecule has 0 saturated heterocycles. The van der Waals surface area contributed by atoms with Crippen molar-refractivity contribution in [3.63, 3.8) is 0 Å². The maximum absolute atomic E-state index is 5.54. The van der Waals surface area contributed by atoms with E-state index in [-0.39, 0.29) is 24.0 Å². The Morgan fingerprint density at radius 1 is 0.931 bits per heavy atom. The lowest BCUT2D eigenvalue weighted by atomic mass is 10.0. The second kappa shape index (κ2) is 12.4. The van der Waals surface area contributed by atoms with Gasteiger partial charge < -0.3 is 24.8 Å². The second-order valence-electron chi connectivity index (χ2n) is 6.61. The summed E-state index contributed by atoms with van der Waals surface area (Å²) in [6, 6.07) is 12.5. The zero-order valence-corrected chi connectivity index (χ0v) is 20.4. The molecular weight excluding hydrogens is 481 g/mol. The lowest BCUT2D eigenvalue weighted by Gasteiger charge is -2.19. The van der Waals surface area contributed by atoms with Crippen LogP contribution in [-0.2, 0) is 6.54 Å². The Morgan fingerprint density at radius 3 is 2.14 bits per heavy atom. The molecule has 0 bridgehead atoms. The highest BCUT2D eigenvalue weighted by atomic mass is 127. The standard InChI is InChI=1S/C22H31N3O3.HI/c1-15-7-9-17(10-8-15)16(2)13-24-22(23-3)25-14-18-11-12-19(26-4)21(28-6)20(18)27-5;/h7-12,16H,13-14H2,1-6H3,(H2,23,24,25);1H. The SMILES string of the molecule is CN=C(NCc1ccc(OC)c(OC)c1OC)NCC(C)c1ccc(C)cc1.I. The number of aryl methyl sites for hydroxylation is 1. The Bertz CT molecular complexity index is 795. The molecule has 2 aromatic carbocycles. The zero-order chi connectivity index (χ0) is 20.5. The van der Waals surface area contributed by atoms with E-state index in [1.807, 2.05) is 12.1 Å². The molecule has 7 heteroatoms. The highest BCUT2D eigenvalue weighted by Crippen LogP contribution is 2.39. The third-order valence-corrected chi connectivity index (χ3v) is 4.68. The molecule has 2 aromatic rings. The van der Waals surface area contributed by atoms with Crippen LogP contribution in [0.15, 0.2) is 41.4 Å². The number of nitrogens with one attached hydrogen (secondary N) is 2. The summed E-state index contributed by atoms with van der Waals surface area (Å²) < 4.78 is 16.3. The fraction of sp³-hybridized carbons (Fsp3) is 0.409. The smallest absolute Gasteiger partial charge is 0.203 e. The molecule has 0 spiro atoms. The molecule has 0 heterocycles. The summed E-state index contributed by atoms with van der Waals surface area (Å²) in [5.41, 5.74) is 3.52. The number of rotatable bonds is 8. The quantitative estimate of drug-likeness (QED) is 0.316. The first-order chi connectivity index (χ1) is 13.5. The average molecular weight is 513 g/mol. The Morgan fingerprint density at radius 2 is 1.59 bits per heavy atom. The van der Waals surface area contributed by atoms with Crippen molar-refractivity contribution >= 4 is 29.9 Å². The van der Waals surface area contributed by atoms with E-state index in [4.69, 9.17) is 14.2 Å². The molecule has 0 aromatic heterocycles. The van der Waals surface area contributed by atoms with Crippen LogP contribution in [0.1, 0.15) is 29.5 Å². The molecule has 0 saturated carbocycles. The van der Waals surface area contributed by atoms with Gasteiger partial charge in [0.05, 0.1) is 21.3 Å². The van der Waals surface area contributed by atoms with Gasteiger partial charge >= 0.3 is 0 Å². The van der Waals surface area contributed by atoms with E-state index >= 15 is 0 Å². The fourth-order valence-corrected chi connectivity index (χ4v) is 2.96. The van der Waals surface area contributed by atoms with E-state index in [1.165, 1.54) is 11.1 Å². The van der Waals surface area contributed by atoms with Gasteiger partial charge in [0.25, 0.3) is 0 Å². The summed E-state index contributed by atoms with van der Waals surface area (Å²) >= 11 is 0. The van der Waals surface area contributed by atoms with Crippen LogP contribution in [0.4, 0.5) is 0 Å². The van der Waals surface area contributed by atoms with Gasteiger partial charge in [-0.2, -0.15) is 0 Å². The molecule has 0 amide bonds. The first-order valence-corrected chi connectivity index (χ1v) is 9.32. The largest absolute Gasteiger partial charge is 0.493 e. The second-order valence-corrected chi connectivity index (χ2v) is 6.61. The summed E-state index contributed by atoms with van der Waals surface area (Å²) in [6.45, 7) is 5.62. The zero-order valence-electron chi connectivity index (χ0n) is 18.0. The van der Waals surface area contributed by atoms with Crippen LogP contribution >= 0.6 is 24.0 Å². The van der Waals surface area contributed by atoms with E-state index in [1.54, 1.807) is 28.4 Å². The van der Waals surface area contributed by atoms with E-state index in [9.17, 15) is 0 Å². The van der Waals surface area contributed by atoms with Crippen molar-refractivity contribution in [3.8, 4) is 17.2 Å². The lowest BCUT2D eigenvalue weighted by molar-refractivity contribution is 0.322. The number of hydrogen-bond donors (Lipinski definition) is 2. The first kappa shape index (κ1) is 24.9. The first-order valence-electron chi connectivity index (χ1n) is 9.32. The number of aliphatic imine (C=N–C) groups is 1. The molecular formula is C22H32IN3O3. The van der Waals surface area contributed by atoms with E-state index in [0.29, 0.717) is 29.7 Å². The number of ether oxygens (including phenoxy) is 3. The predicted octanol–water partition coefficient (Wildman–Crippen LogP) is 4.11. The van der Waals surface area contributed by atoms with Crippen molar-refractivity contribution in [2.45, 2.75) is 26.3 Å². The van der Waals surface area contributed by atoms with E-state index in [2.05, 4.69) is 53.7 Å². The number of hydrogen-bond acceptors (Lipinski definition) is 4. The topological polar surface area (TPSA) is 64.1 Å². The molecule has 160 valence electrons. The number of nitrogens with zero attached hydrogens (tertiary/aromatic N) is 1. The van der Waals surface area contributed by atoms with Gasteiger partial charge in [-0.05, 0) is 30.5 Å². The average Bonchev–Trinajstić information content (AvgIpc) is 2.73. The van der Waals surface area contributed by atoms with Gasteiger partial charge in [0.1, 0.15) is 0 Å². The summed E-state index contributed by atoms with van der Waals surface area (Å²) in [5, 5.41) is 6.71.